The summed E-state index contributed by atoms with van der Waals surface area (Å²) < 4.78 is 6.36. The predicted octanol–water partition coefficient (Wildman–Crippen LogP) is 3.59. The van der Waals surface area contributed by atoms with Gasteiger partial charge in [-0.3, -0.25) is 0 Å². The second-order valence-electron chi connectivity index (χ2n) is 5.40. The van der Waals surface area contributed by atoms with Crippen LogP contribution in [0.4, 0.5) is 5.69 Å². The monoisotopic (exact) mass is 342 g/mol. The van der Waals surface area contributed by atoms with Crippen molar-refractivity contribution >= 4 is 21.6 Å². The van der Waals surface area contributed by atoms with Crippen molar-refractivity contribution in [2.24, 2.45) is 5.73 Å². The molecule has 0 aliphatic rings. The van der Waals surface area contributed by atoms with E-state index in [1.54, 1.807) is 7.11 Å². The molecule has 0 spiro atoms. The van der Waals surface area contributed by atoms with Crippen molar-refractivity contribution in [3.8, 4) is 0 Å². The molecular formula is C16H27BrN2O. The van der Waals surface area contributed by atoms with E-state index in [1.165, 1.54) is 11.3 Å². The smallest absolute Gasteiger partial charge is 0.0637 e. The minimum absolute atomic E-state index is 0.157. The van der Waals surface area contributed by atoms with Crippen LogP contribution in [0.1, 0.15) is 32.8 Å². The maximum atomic E-state index is 5.99. The molecule has 114 valence electrons. The Labute approximate surface area is 131 Å². The number of nitrogens with two attached hydrogens (primary N) is 1. The summed E-state index contributed by atoms with van der Waals surface area (Å²) >= 11 is 3.56. The fourth-order valence-corrected chi connectivity index (χ4v) is 2.74. The number of ether oxygens (including phenoxy) is 1. The zero-order chi connectivity index (χ0) is 15.1. The van der Waals surface area contributed by atoms with Crippen molar-refractivity contribution in [1.82, 2.24) is 0 Å². The molecular weight excluding hydrogens is 316 g/mol. The molecule has 0 fully saturated rings. The highest BCUT2D eigenvalue weighted by atomic mass is 79.9. The third-order valence-electron chi connectivity index (χ3n) is 3.55. The van der Waals surface area contributed by atoms with E-state index >= 15 is 0 Å². The largest absolute Gasteiger partial charge is 0.383 e. The number of hydrogen-bond donors (Lipinski definition) is 1. The summed E-state index contributed by atoms with van der Waals surface area (Å²) in [6, 6.07) is 7.11. The average Bonchev–Trinajstić information content (AvgIpc) is 2.40. The van der Waals surface area contributed by atoms with Crippen LogP contribution in [0.2, 0.25) is 0 Å². The molecule has 3 nitrogen and oxygen atoms in total. The molecule has 2 N–H and O–H groups in total. The van der Waals surface area contributed by atoms with Crippen LogP contribution in [-0.2, 0) is 11.2 Å². The van der Waals surface area contributed by atoms with Crippen LogP contribution in [0, 0.1) is 0 Å². The number of anilines is 1. The number of methoxy groups -OCH3 is 1. The van der Waals surface area contributed by atoms with E-state index in [9.17, 15) is 0 Å². The first-order chi connectivity index (χ1) is 9.49. The van der Waals surface area contributed by atoms with Crippen molar-refractivity contribution in [3.05, 3.63) is 28.2 Å². The van der Waals surface area contributed by atoms with Crippen LogP contribution in [0.3, 0.4) is 0 Å². The predicted molar refractivity (Wildman–Crippen MR) is 90.5 cm³/mol. The van der Waals surface area contributed by atoms with Crippen molar-refractivity contribution in [3.63, 3.8) is 0 Å². The van der Waals surface area contributed by atoms with Crippen LogP contribution in [-0.4, -0.2) is 32.3 Å². The number of rotatable bonds is 8. The molecule has 0 amide bonds. The van der Waals surface area contributed by atoms with Gasteiger partial charge in [-0.1, -0.05) is 22.9 Å². The highest BCUT2D eigenvalue weighted by Crippen LogP contribution is 2.27. The lowest BCUT2D eigenvalue weighted by molar-refractivity contribution is 0.203. The normalized spacial score (nSPS) is 14.1. The van der Waals surface area contributed by atoms with Crippen LogP contribution in [0.15, 0.2) is 22.7 Å². The molecule has 0 heterocycles. The summed E-state index contributed by atoms with van der Waals surface area (Å²) in [6.07, 6.45) is 1.99. The molecule has 20 heavy (non-hydrogen) atoms. The summed E-state index contributed by atoms with van der Waals surface area (Å²) in [5.41, 5.74) is 8.57. The van der Waals surface area contributed by atoms with Gasteiger partial charge >= 0.3 is 0 Å². The number of benzene rings is 1. The fourth-order valence-electron chi connectivity index (χ4n) is 2.33. The molecule has 4 heteroatoms. The third-order valence-corrected chi connectivity index (χ3v) is 4.05. The van der Waals surface area contributed by atoms with E-state index < -0.39 is 0 Å². The second kappa shape index (κ2) is 8.65. The molecule has 0 aliphatic carbocycles. The fraction of sp³-hybridized carbons (Fsp3) is 0.625. The molecule has 1 aromatic rings. The standard InChI is InChI=1S/C16H27BrN2O/c1-5-13(3)19(8-9-20-4)16-7-6-15(17)11-14(16)10-12(2)18/h6-7,11-13H,5,8-10,18H2,1-4H3. The Bertz CT molecular complexity index is 409. The first-order valence-corrected chi connectivity index (χ1v) is 8.08. The van der Waals surface area contributed by atoms with E-state index in [0.29, 0.717) is 6.04 Å². The lowest BCUT2D eigenvalue weighted by Gasteiger charge is -2.33. The lowest BCUT2D eigenvalue weighted by atomic mass is 10.0. The molecule has 2 unspecified atom stereocenters. The molecule has 0 aromatic heterocycles. The van der Waals surface area contributed by atoms with E-state index in [-0.39, 0.29) is 6.04 Å². The van der Waals surface area contributed by atoms with Gasteiger partial charge in [-0.05, 0) is 50.5 Å². The summed E-state index contributed by atoms with van der Waals surface area (Å²) in [4.78, 5) is 2.42. The SMILES string of the molecule is CCC(C)N(CCOC)c1ccc(Br)cc1CC(C)N. The van der Waals surface area contributed by atoms with Gasteiger partial charge in [-0.2, -0.15) is 0 Å². The van der Waals surface area contributed by atoms with E-state index in [0.717, 1.165) is 30.5 Å². The molecule has 0 saturated carbocycles. The van der Waals surface area contributed by atoms with Gasteiger partial charge in [0, 0.05) is 35.9 Å². The van der Waals surface area contributed by atoms with Gasteiger partial charge in [0.2, 0.25) is 0 Å². The highest BCUT2D eigenvalue weighted by Gasteiger charge is 2.17. The van der Waals surface area contributed by atoms with Crippen molar-refractivity contribution in [1.29, 1.82) is 0 Å². The summed E-state index contributed by atoms with van der Waals surface area (Å²) in [6.45, 7) is 8.16. The van der Waals surface area contributed by atoms with Gasteiger partial charge in [0.05, 0.1) is 6.61 Å². The van der Waals surface area contributed by atoms with E-state index in [4.69, 9.17) is 10.5 Å². The molecule has 0 radical (unpaired) electrons. The quantitative estimate of drug-likeness (QED) is 0.784. The summed E-state index contributed by atoms with van der Waals surface area (Å²) in [7, 11) is 1.75. The molecule has 0 saturated heterocycles. The van der Waals surface area contributed by atoms with Gasteiger partial charge in [0.1, 0.15) is 0 Å². The maximum Gasteiger partial charge on any atom is 0.0637 e. The second-order valence-corrected chi connectivity index (χ2v) is 6.31. The topological polar surface area (TPSA) is 38.5 Å². The van der Waals surface area contributed by atoms with Crippen LogP contribution >= 0.6 is 15.9 Å². The Hall–Kier alpha value is -0.580. The Kier molecular flexibility index (Phi) is 7.56. The first kappa shape index (κ1) is 17.5. The molecule has 1 rings (SSSR count). The Morgan fingerprint density at radius 2 is 2.05 bits per heavy atom. The Balaban J connectivity index is 3.09. The van der Waals surface area contributed by atoms with Gasteiger partial charge in [0.25, 0.3) is 0 Å². The minimum atomic E-state index is 0.157. The summed E-state index contributed by atoms with van der Waals surface area (Å²) in [5, 5.41) is 0. The van der Waals surface area contributed by atoms with Crippen LogP contribution < -0.4 is 10.6 Å². The molecule has 0 aliphatic heterocycles. The molecule has 2 atom stereocenters. The van der Waals surface area contributed by atoms with Crippen LogP contribution in [0.5, 0.6) is 0 Å². The third kappa shape index (κ3) is 5.08. The minimum Gasteiger partial charge on any atom is -0.383 e. The molecule has 1 aromatic carbocycles. The zero-order valence-electron chi connectivity index (χ0n) is 13.0. The number of nitrogens with zero attached hydrogens (tertiary/aromatic N) is 1. The number of hydrogen-bond acceptors (Lipinski definition) is 3. The van der Waals surface area contributed by atoms with E-state index in [1.807, 2.05) is 6.92 Å². The van der Waals surface area contributed by atoms with Crippen molar-refractivity contribution < 1.29 is 4.74 Å². The first-order valence-electron chi connectivity index (χ1n) is 7.29. The van der Waals surface area contributed by atoms with Crippen LogP contribution in [0.25, 0.3) is 0 Å². The van der Waals surface area contributed by atoms with Gasteiger partial charge in [-0.15, -0.1) is 0 Å². The maximum absolute atomic E-state index is 5.99. The zero-order valence-corrected chi connectivity index (χ0v) is 14.6. The van der Waals surface area contributed by atoms with Gasteiger partial charge in [-0.25, -0.2) is 0 Å². The average molecular weight is 343 g/mol. The highest BCUT2D eigenvalue weighted by molar-refractivity contribution is 9.10. The lowest BCUT2D eigenvalue weighted by Crippen LogP contribution is -2.36. The number of halogens is 1. The van der Waals surface area contributed by atoms with Crippen molar-refractivity contribution in [2.45, 2.75) is 45.7 Å². The Morgan fingerprint density at radius 3 is 2.60 bits per heavy atom. The summed E-state index contributed by atoms with van der Waals surface area (Å²) in [5.74, 6) is 0. The van der Waals surface area contributed by atoms with Gasteiger partial charge in [0.15, 0.2) is 0 Å². The molecule has 0 bridgehead atoms. The van der Waals surface area contributed by atoms with Crippen molar-refractivity contribution in [2.75, 3.05) is 25.2 Å². The van der Waals surface area contributed by atoms with E-state index in [2.05, 4.69) is 52.9 Å². The van der Waals surface area contributed by atoms with Gasteiger partial charge < -0.3 is 15.4 Å². The Morgan fingerprint density at radius 1 is 1.35 bits per heavy atom.